The normalized spacial score (nSPS) is 15.9. The Morgan fingerprint density at radius 2 is 1.86 bits per heavy atom. The van der Waals surface area contributed by atoms with Crippen LogP contribution in [0.4, 0.5) is 0 Å². The number of likely N-dealkylation sites (tertiary alicyclic amines) is 1. The van der Waals surface area contributed by atoms with Gasteiger partial charge in [0.15, 0.2) is 5.96 Å². The van der Waals surface area contributed by atoms with E-state index in [0.29, 0.717) is 24.6 Å². The minimum Gasteiger partial charge on any atom is -0.354 e. The maximum Gasteiger partial charge on any atom is 0.241 e. The van der Waals surface area contributed by atoms with Gasteiger partial charge in [-0.2, -0.15) is 0 Å². The molecule has 0 radical (unpaired) electrons. The van der Waals surface area contributed by atoms with E-state index in [9.17, 15) is 4.79 Å². The molecule has 1 aliphatic heterocycles. The van der Waals surface area contributed by atoms with Gasteiger partial charge in [0.1, 0.15) is 0 Å². The van der Waals surface area contributed by atoms with Crippen LogP contribution in [0, 0.1) is 0 Å². The van der Waals surface area contributed by atoms with Gasteiger partial charge in [-0.25, -0.2) is 4.99 Å². The zero-order chi connectivity index (χ0) is 19.8. The van der Waals surface area contributed by atoms with E-state index in [-0.39, 0.29) is 36.4 Å². The second-order valence-corrected chi connectivity index (χ2v) is 8.40. The molecule has 0 unspecified atom stereocenters. The van der Waals surface area contributed by atoms with E-state index in [4.69, 9.17) is 4.99 Å². The standard InChI is InChI=1S/C20H32BrN5O.HI/c1-15(2)26-11-9-18(10-12-26)24-20(23-14-19(27)25(3)4)22-13-16-5-7-17(21)8-6-16;/h5-8,15,18H,9-14H2,1-4H3,(H2,22,23,24);1H. The molecule has 28 heavy (non-hydrogen) atoms. The molecule has 2 N–H and O–H groups in total. The number of halogens is 2. The number of amides is 1. The maximum atomic E-state index is 11.9. The summed E-state index contributed by atoms with van der Waals surface area (Å²) >= 11 is 3.45. The average Bonchev–Trinajstić information content (AvgIpc) is 2.65. The predicted molar refractivity (Wildman–Crippen MR) is 130 cm³/mol. The molecule has 1 heterocycles. The predicted octanol–water partition coefficient (Wildman–Crippen LogP) is 3.06. The number of rotatable bonds is 6. The summed E-state index contributed by atoms with van der Waals surface area (Å²) in [6.07, 6.45) is 2.16. The number of guanidine groups is 1. The van der Waals surface area contributed by atoms with Crippen molar-refractivity contribution < 1.29 is 4.79 Å². The lowest BCUT2D eigenvalue weighted by molar-refractivity contribution is -0.127. The summed E-state index contributed by atoms with van der Waals surface area (Å²) in [6.45, 7) is 7.48. The lowest BCUT2D eigenvalue weighted by Gasteiger charge is -2.35. The molecule has 0 saturated carbocycles. The van der Waals surface area contributed by atoms with Crippen LogP contribution in [-0.4, -0.2) is 67.5 Å². The number of hydrogen-bond donors (Lipinski definition) is 2. The Bertz CT molecular complexity index is 628. The highest BCUT2D eigenvalue weighted by Gasteiger charge is 2.21. The number of likely N-dealkylation sites (N-methyl/N-ethyl adjacent to an activating group) is 1. The number of hydrogen-bond acceptors (Lipinski definition) is 3. The molecule has 158 valence electrons. The van der Waals surface area contributed by atoms with Gasteiger partial charge in [-0.15, -0.1) is 24.0 Å². The zero-order valence-corrected chi connectivity index (χ0v) is 21.2. The Kier molecular flexibility index (Phi) is 11.4. The number of nitrogens with one attached hydrogen (secondary N) is 2. The van der Waals surface area contributed by atoms with Crippen molar-refractivity contribution in [2.75, 3.05) is 33.7 Å². The van der Waals surface area contributed by atoms with Crippen molar-refractivity contribution in [3.63, 3.8) is 0 Å². The summed E-state index contributed by atoms with van der Waals surface area (Å²) in [7, 11) is 3.52. The third-order valence-electron chi connectivity index (χ3n) is 4.84. The van der Waals surface area contributed by atoms with Crippen LogP contribution in [0.2, 0.25) is 0 Å². The van der Waals surface area contributed by atoms with Crippen molar-refractivity contribution in [1.29, 1.82) is 0 Å². The molecule has 1 aromatic carbocycles. The van der Waals surface area contributed by atoms with Gasteiger partial charge in [0, 0.05) is 43.7 Å². The number of aliphatic imine (C=N–C) groups is 1. The van der Waals surface area contributed by atoms with Gasteiger partial charge < -0.3 is 20.4 Å². The van der Waals surface area contributed by atoms with Crippen molar-refractivity contribution in [1.82, 2.24) is 20.4 Å². The first-order valence-corrected chi connectivity index (χ1v) is 10.4. The van der Waals surface area contributed by atoms with Gasteiger partial charge in [0.2, 0.25) is 5.91 Å². The van der Waals surface area contributed by atoms with E-state index in [0.717, 1.165) is 36.0 Å². The Balaban J connectivity index is 0.00000392. The first-order valence-electron chi connectivity index (χ1n) is 9.58. The topological polar surface area (TPSA) is 60.0 Å². The highest BCUT2D eigenvalue weighted by Crippen LogP contribution is 2.13. The molecular weight excluding hydrogens is 533 g/mol. The van der Waals surface area contributed by atoms with Gasteiger partial charge >= 0.3 is 0 Å². The van der Waals surface area contributed by atoms with Crippen LogP contribution in [0.3, 0.4) is 0 Å². The Hall–Kier alpha value is -0.870. The van der Waals surface area contributed by atoms with E-state index in [1.807, 2.05) is 12.1 Å². The fourth-order valence-electron chi connectivity index (χ4n) is 2.98. The Morgan fingerprint density at radius 1 is 1.25 bits per heavy atom. The highest BCUT2D eigenvalue weighted by molar-refractivity contribution is 14.0. The molecular formula is C20H33BrIN5O. The highest BCUT2D eigenvalue weighted by atomic mass is 127. The molecule has 1 saturated heterocycles. The van der Waals surface area contributed by atoms with Crippen molar-refractivity contribution in [3.8, 4) is 0 Å². The molecule has 6 nitrogen and oxygen atoms in total. The van der Waals surface area contributed by atoms with E-state index >= 15 is 0 Å². The quantitative estimate of drug-likeness (QED) is 0.316. The van der Waals surface area contributed by atoms with Gasteiger partial charge in [-0.3, -0.25) is 4.79 Å². The summed E-state index contributed by atoms with van der Waals surface area (Å²) in [5, 5.41) is 6.71. The van der Waals surface area contributed by atoms with Crippen LogP contribution in [0.25, 0.3) is 0 Å². The molecule has 0 aromatic heterocycles. The largest absolute Gasteiger partial charge is 0.354 e. The van der Waals surface area contributed by atoms with E-state index in [1.165, 1.54) is 0 Å². The molecule has 1 aromatic rings. The summed E-state index contributed by atoms with van der Waals surface area (Å²) in [6, 6.07) is 9.11. The van der Waals surface area contributed by atoms with Gasteiger partial charge in [0.05, 0.1) is 13.1 Å². The van der Waals surface area contributed by atoms with Gasteiger partial charge in [0.25, 0.3) is 0 Å². The van der Waals surface area contributed by atoms with Crippen molar-refractivity contribution in [2.45, 2.75) is 45.3 Å². The minimum atomic E-state index is 0. The second kappa shape index (κ2) is 12.6. The zero-order valence-electron chi connectivity index (χ0n) is 17.2. The number of carbonyl (C=O) groups is 1. The number of piperidine rings is 1. The van der Waals surface area contributed by atoms with Crippen molar-refractivity contribution in [3.05, 3.63) is 34.3 Å². The third kappa shape index (κ3) is 8.65. The van der Waals surface area contributed by atoms with Crippen LogP contribution in [-0.2, 0) is 11.3 Å². The summed E-state index contributed by atoms with van der Waals surface area (Å²) in [5.74, 6) is 0.735. The van der Waals surface area contributed by atoms with E-state index in [2.05, 4.69) is 57.4 Å². The lowest BCUT2D eigenvalue weighted by Crippen LogP contribution is -2.51. The first-order chi connectivity index (χ1) is 12.8. The van der Waals surface area contributed by atoms with Crippen molar-refractivity contribution in [2.24, 2.45) is 4.99 Å². The molecule has 8 heteroatoms. The molecule has 0 atom stereocenters. The van der Waals surface area contributed by atoms with E-state index in [1.54, 1.807) is 19.0 Å². The van der Waals surface area contributed by atoms with Crippen LogP contribution in [0.15, 0.2) is 33.7 Å². The molecule has 1 fully saturated rings. The summed E-state index contributed by atoms with van der Waals surface area (Å²) < 4.78 is 1.06. The summed E-state index contributed by atoms with van der Waals surface area (Å²) in [5.41, 5.74) is 1.13. The molecule has 2 rings (SSSR count). The lowest BCUT2D eigenvalue weighted by atomic mass is 10.0. The number of carbonyl (C=O) groups excluding carboxylic acids is 1. The van der Waals surface area contributed by atoms with E-state index < -0.39 is 0 Å². The van der Waals surface area contributed by atoms with Gasteiger partial charge in [-0.1, -0.05) is 28.1 Å². The fraction of sp³-hybridized carbons (Fsp3) is 0.600. The third-order valence-corrected chi connectivity index (χ3v) is 5.37. The molecule has 0 spiro atoms. The molecule has 0 aliphatic carbocycles. The average molecular weight is 566 g/mol. The number of benzene rings is 1. The SMILES string of the molecule is CC(C)N1CCC(NC(=NCc2ccc(Br)cc2)NCC(=O)N(C)C)CC1.I. The monoisotopic (exact) mass is 565 g/mol. The van der Waals surface area contributed by atoms with Crippen LogP contribution in [0.1, 0.15) is 32.3 Å². The van der Waals surface area contributed by atoms with Crippen molar-refractivity contribution >= 4 is 51.8 Å². The molecule has 0 bridgehead atoms. The summed E-state index contributed by atoms with van der Waals surface area (Å²) in [4.78, 5) is 20.7. The molecule has 1 amide bonds. The Labute approximate surface area is 194 Å². The molecule has 1 aliphatic rings. The van der Waals surface area contributed by atoms with Crippen LogP contribution in [0.5, 0.6) is 0 Å². The maximum absolute atomic E-state index is 11.9. The van der Waals surface area contributed by atoms with Crippen LogP contribution >= 0.6 is 39.9 Å². The minimum absolute atomic E-state index is 0. The smallest absolute Gasteiger partial charge is 0.241 e. The van der Waals surface area contributed by atoms with Gasteiger partial charge in [-0.05, 0) is 44.4 Å². The Morgan fingerprint density at radius 3 is 2.39 bits per heavy atom. The number of nitrogens with zero attached hydrogens (tertiary/aromatic N) is 3. The first kappa shape index (κ1) is 25.2. The second-order valence-electron chi connectivity index (χ2n) is 7.48. The fourth-order valence-corrected chi connectivity index (χ4v) is 3.25. The van der Waals surface area contributed by atoms with Crippen LogP contribution < -0.4 is 10.6 Å².